The van der Waals surface area contributed by atoms with Gasteiger partial charge in [0.1, 0.15) is 0 Å². The number of rotatable bonds is 8. The first kappa shape index (κ1) is 21.9. The molecule has 2 amide bonds. The normalized spacial score (nSPS) is 15.1. The molecule has 10 heteroatoms. The molecule has 2 rings (SSSR count). The van der Waals surface area contributed by atoms with Crippen molar-refractivity contribution in [3.63, 3.8) is 0 Å². The lowest BCUT2D eigenvalue weighted by Gasteiger charge is -2.35. The quantitative estimate of drug-likeness (QED) is 0.508. The van der Waals surface area contributed by atoms with Gasteiger partial charge >= 0.3 is 0 Å². The van der Waals surface area contributed by atoms with E-state index in [4.69, 9.17) is 4.74 Å². The lowest BCUT2D eigenvalue weighted by molar-refractivity contribution is -0.133. The maximum Gasteiger partial charge on any atom is 0.230 e. The number of piperazine rings is 1. The van der Waals surface area contributed by atoms with Crippen molar-refractivity contribution in [1.82, 2.24) is 20.4 Å². The molecule has 1 aromatic heterocycles. The molecule has 0 radical (unpaired) electrons. The highest BCUT2D eigenvalue weighted by molar-refractivity contribution is 8.01. The maximum absolute atomic E-state index is 12.3. The van der Waals surface area contributed by atoms with Crippen LogP contribution in [0.5, 0.6) is 0 Å². The highest BCUT2D eigenvalue weighted by Gasteiger charge is 2.26. The predicted molar refractivity (Wildman–Crippen MR) is 108 cm³/mol. The molecule has 1 saturated heterocycles. The summed E-state index contributed by atoms with van der Waals surface area (Å²) in [5, 5.41) is 12.0. The molecule has 1 aliphatic rings. The van der Waals surface area contributed by atoms with E-state index in [0.29, 0.717) is 38.4 Å². The fourth-order valence-corrected chi connectivity index (χ4v) is 4.29. The van der Waals surface area contributed by atoms with Crippen LogP contribution in [0.2, 0.25) is 0 Å². The molecular weight excluding hydrogens is 386 g/mol. The third-order valence-corrected chi connectivity index (χ3v) is 6.05. The predicted octanol–water partition coefficient (Wildman–Crippen LogP) is 1.48. The van der Waals surface area contributed by atoms with Crippen LogP contribution in [0.1, 0.15) is 27.2 Å². The molecule has 0 unspecified atom stereocenters. The molecule has 1 aliphatic heterocycles. The van der Waals surface area contributed by atoms with E-state index in [-0.39, 0.29) is 17.2 Å². The zero-order valence-corrected chi connectivity index (χ0v) is 18.1. The molecule has 8 nitrogen and oxygen atoms in total. The average Bonchev–Trinajstić information content (AvgIpc) is 3.08. The number of nitrogens with one attached hydrogen (secondary N) is 1. The van der Waals surface area contributed by atoms with Crippen LogP contribution in [0.25, 0.3) is 0 Å². The summed E-state index contributed by atoms with van der Waals surface area (Å²) >= 11 is 2.87. The van der Waals surface area contributed by atoms with Crippen molar-refractivity contribution >= 4 is 40.0 Å². The summed E-state index contributed by atoms with van der Waals surface area (Å²) < 4.78 is 5.68. The number of hydrogen-bond acceptors (Lipinski definition) is 8. The Labute approximate surface area is 169 Å². The van der Waals surface area contributed by atoms with Gasteiger partial charge in [0, 0.05) is 46.3 Å². The molecule has 1 fully saturated rings. The van der Waals surface area contributed by atoms with Crippen LogP contribution in [0.4, 0.5) is 5.13 Å². The number of anilines is 1. The van der Waals surface area contributed by atoms with Crippen LogP contribution in [0.15, 0.2) is 4.34 Å². The topological polar surface area (TPSA) is 87.7 Å². The van der Waals surface area contributed by atoms with E-state index in [1.807, 2.05) is 4.90 Å². The van der Waals surface area contributed by atoms with Crippen LogP contribution in [-0.4, -0.2) is 79.1 Å². The second kappa shape index (κ2) is 10.2. The molecule has 2 heterocycles. The highest BCUT2D eigenvalue weighted by Crippen LogP contribution is 2.29. The van der Waals surface area contributed by atoms with Crippen molar-refractivity contribution in [3.05, 3.63) is 0 Å². The number of ether oxygens (including phenoxy) is 1. The molecule has 1 N–H and O–H groups in total. The smallest absolute Gasteiger partial charge is 0.230 e. The van der Waals surface area contributed by atoms with Crippen molar-refractivity contribution in [2.24, 2.45) is 5.41 Å². The number of amides is 2. The minimum absolute atomic E-state index is 0.00935. The number of carbonyl (C=O) groups excluding carboxylic acids is 2. The van der Waals surface area contributed by atoms with Gasteiger partial charge in [-0.1, -0.05) is 43.9 Å². The van der Waals surface area contributed by atoms with Crippen LogP contribution in [0.3, 0.4) is 0 Å². The van der Waals surface area contributed by atoms with Crippen LogP contribution in [0, 0.1) is 5.41 Å². The molecule has 0 aliphatic carbocycles. The third kappa shape index (κ3) is 7.63. The first-order chi connectivity index (χ1) is 12.8. The Morgan fingerprint density at radius 2 is 1.93 bits per heavy atom. The molecule has 1 aromatic rings. The van der Waals surface area contributed by atoms with E-state index in [0.717, 1.165) is 22.6 Å². The Balaban J connectivity index is 1.76. The van der Waals surface area contributed by atoms with Crippen molar-refractivity contribution < 1.29 is 14.3 Å². The zero-order chi connectivity index (χ0) is 19.9. The van der Waals surface area contributed by atoms with E-state index in [1.165, 1.54) is 23.1 Å². The second-order valence-electron chi connectivity index (χ2n) is 7.59. The summed E-state index contributed by atoms with van der Waals surface area (Å²) in [4.78, 5) is 28.1. The van der Waals surface area contributed by atoms with Crippen molar-refractivity contribution in [3.8, 4) is 0 Å². The molecule has 0 aromatic carbocycles. The fraction of sp³-hybridized carbons (Fsp3) is 0.765. The minimum Gasteiger partial charge on any atom is -0.383 e. The van der Waals surface area contributed by atoms with Crippen molar-refractivity contribution in [2.75, 3.05) is 57.1 Å². The fourth-order valence-electron chi connectivity index (χ4n) is 2.57. The van der Waals surface area contributed by atoms with E-state index in [2.05, 4.69) is 41.2 Å². The molecule has 152 valence electrons. The van der Waals surface area contributed by atoms with Gasteiger partial charge in [0.25, 0.3) is 0 Å². The molecular formula is C17H29N5O3S2. The molecule has 0 spiro atoms. The molecule has 27 heavy (non-hydrogen) atoms. The van der Waals surface area contributed by atoms with Gasteiger partial charge in [-0.3, -0.25) is 9.59 Å². The largest absolute Gasteiger partial charge is 0.383 e. The first-order valence-corrected chi connectivity index (χ1v) is 10.8. The van der Waals surface area contributed by atoms with E-state index in [1.54, 1.807) is 7.11 Å². The summed E-state index contributed by atoms with van der Waals surface area (Å²) in [7, 11) is 1.60. The number of aromatic nitrogens is 2. The van der Waals surface area contributed by atoms with E-state index >= 15 is 0 Å². The van der Waals surface area contributed by atoms with Gasteiger partial charge in [0.05, 0.1) is 12.4 Å². The van der Waals surface area contributed by atoms with Crippen LogP contribution >= 0.6 is 23.1 Å². The van der Waals surface area contributed by atoms with Crippen LogP contribution < -0.4 is 10.2 Å². The Morgan fingerprint density at radius 3 is 2.56 bits per heavy atom. The lowest BCUT2D eigenvalue weighted by atomic mass is 9.91. The van der Waals surface area contributed by atoms with Gasteiger partial charge in [-0.15, -0.1) is 10.2 Å². The Hall–Kier alpha value is -1.39. The van der Waals surface area contributed by atoms with Gasteiger partial charge in [-0.25, -0.2) is 0 Å². The van der Waals surface area contributed by atoms with Gasteiger partial charge in [0.2, 0.25) is 16.9 Å². The summed E-state index contributed by atoms with van der Waals surface area (Å²) in [6.07, 6.45) is 0.568. The van der Waals surface area contributed by atoms with Gasteiger partial charge in [-0.2, -0.15) is 0 Å². The second-order valence-corrected chi connectivity index (χ2v) is 9.77. The minimum atomic E-state index is -0.0419. The zero-order valence-electron chi connectivity index (χ0n) is 16.5. The Bertz CT molecular complexity index is 624. The SMILES string of the molecule is COCCNC(=O)CSc1nnc(N2CCN(C(=O)CC(C)(C)C)CC2)s1. The summed E-state index contributed by atoms with van der Waals surface area (Å²) in [5.41, 5.74) is 0.00935. The third-order valence-electron chi connectivity index (χ3n) is 3.94. The Morgan fingerprint density at radius 1 is 1.22 bits per heavy atom. The maximum atomic E-state index is 12.3. The number of thioether (sulfide) groups is 1. The molecule has 0 bridgehead atoms. The van der Waals surface area contributed by atoms with Crippen LogP contribution in [-0.2, 0) is 14.3 Å². The van der Waals surface area contributed by atoms with Crippen molar-refractivity contribution in [1.29, 1.82) is 0 Å². The molecule has 0 atom stereocenters. The number of hydrogen-bond donors (Lipinski definition) is 1. The monoisotopic (exact) mass is 415 g/mol. The van der Waals surface area contributed by atoms with Gasteiger partial charge in [-0.05, 0) is 5.41 Å². The summed E-state index contributed by atoms with van der Waals surface area (Å²) in [6, 6.07) is 0. The van der Waals surface area contributed by atoms with Gasteiger partial charge < -0.3 is 19.9 Å². The first-order valence-electron chi connectivity index (χ1n) is 9.03. The Kier molecular flexibility index (Phi) is 8.30. The number of carbonyl (C=O) groups is 2. The van der Waals surface area contributed by atoms with Gasteiger partial charge in [0.15, 0.2) is 4.34 Å². The summed E-state index contributed by atoms with van der Waals surface area (Å²) in [6.45, 7) is 10.2. The number of nitrogens with zero attached hydrogens (tertiary/aromatic N) is 4. The van der Waals surface area contributed by atoms with E-state index in [9.17, 15) is 9.59 Å². The standard InChI is InChI=1S/C17H29N5O3S2/c1-17(2,3)11-14(24)21-6-8-22(9-7-21)15-19-20-16(27-15)26-12-13(23)18-5-10-25-4/h5-12H2,1-4H3,(H,18,23). The number of methoxy groups -OCH3 is 1. The summed E-state index contributed by atoms with van der Waals surface area (Å²) in [5.74, 6) is 0.489. The average molecular weight is 416 g/mol. The van der Waals surface area contributed by atoms with E-state index < -0.39 is 0 Å². The molecule has 0 saturated carbocycles. The lowest BCUT2D eigenvalue weighted by Crippen LogP contribution is -2.49. The highest BCUT2D eigenvalue weighted by atomic mass is 32.2. The van der Waals surface area contributed by atoms with Crippen molar-refractivity contribution in [2.45, 2.75) is 31.5 Å².